The van der Waals surface area contributed by atoms with Gasteiger partial charge in [0.1, 0.15) is 0 Å². The number of rotatable bonds is 4. The summed E-state index contributed by atoms with van der Waals surface area (Å²) in [5, 5.41) is 0. The van der Waals surface area contributed by atoms with Crippen molar-refractivity contribution in [2.24, 2.45) is 11.8 Å². The van der Waals surface area contributed by atoms with Gasteiger partial charge in [-0.2, -0.15) is 17.0 Å². The second kappa shape index (κ2) is 6.73. The van der Waals surface area contributed by atoms with Gasteiger partial charge in [0.15, 0.2) is 0 Å². The van der Waals surface area contributed by atoms with Crippen molar-refractivity contribution in [3.8, 4) is 0 Å². The van der Waals surface area contributed by atoms with Gasteiger partial charge in [-0.15, -0.1) is 0 Å². The summed E-state index contributed by atoms with van der Waals surface area (Å²) in [4.78, 5) is 2.51. The van der Waals surface area contributed by atoms with Crippen LogP contribution in [0.4, 0.5) is 0 Å². The Kier molecular flexibility index (Phi) is 5.09. The molecule has 0 radical (unpaired) electrons. The first-order valence-corrected chi connectivity index (χ1v) is 9.88. The van der Waals surface area contributed by atoms with Gasteiger partial charge in [0.25, 0.3) is 10.2 Å². The highest BCUT2D eigenvalue weighted by Gasteiger charge is 2.42. The van der Waals surface area contributed by atoms with Gasteiger partial charge in [0.2, 0.25) is 0 Å². The molecule has 1 saturated carbocycles. The molecule has 1 aliphatic carbocycles. The molecular formula is C15H29N3O3S. The van der Waals surface area contributed by atoms with E-state index < -0.39 is 10.2 Å². The van der Waals surface area contributed by atoms with E-state index >= 15 is 0 Å². The van der Waals surface area contributed by atoms with E-state index in [1.165, 1.54) is 30.0 Å². The highest BCUT2D eigenvalue weighted by molar-refractivity contribution is 7.86. The quantitative estimate of drug-likeness (QED) is 0.758. The summed E-state index contributed by atoms with van der Waals surface area (Å²) in [6.45, 7) is 4.94. The Hall–Kier alpha value is -0.210. The molecule has 0 bridgehead atoms. The Labute approximate surface area is 134 Å². The van der Waals surface area contributed by atoms with E-state index in [9.17, 15) is 8.42 Å². The van der Waals surface area contributed by atoms with Crippen molar-refractivity contribution in [3.63, 3.8) is 0 Å². The molecule has 0 aromatic rings. The smallest absolute Gasteiger partial charge is 0.281 e. The Morgan fingerprint density at radius 1 is 1.14 bits per heavy atom. The van der Waals surface area contributed by atoms with E-state index in [1.54, 1.807) is 18.4 Å². The molecule has 2 atom stereocenters. The van der Waals surface area contributed by atoms with Gasteiger partial charge in [-0.25, -0.2) is 0 Å². The lowest BCUT2D eigenvalue weighted by Gasteiger charge is -2.26. The maximum Gasteiger partial charge on any atom is 0.281 e. The van der Waals surface area contributed by atoms with Gasteiger partial charge < -0.3 is 9.64 Å². The average Bonchev–Trinajstić information content (AvgIpc) is 3.06. The van der Waals surface area contributed by atoms with Crippen LogP contribution in [-0.4, -0.2) is 81.5 Å². The molecule has 2 saturated heterocycles. The number of fused-ring (bicyclic) bond motifs is 1. The third-order valence-electron chi connectivity index (χ3n) is 5.36. The van der Waals surface area contributed by atoms with Gasteiger partial charge in [0, 0.05) is 52.7 Å². The molecule has 0 aromatic carbocycles. The second-order valence-electron chi connectivity index (χ2n) is 7.19. The van der Waals surface area contributed by atoms with Crippen LogP contribution in [0.25, 0.3) is 0 Å². The molecule has 0 amide bonds. The predicted octanol–water partition coefficient (Wildman–Crippen LogP) is 0.616. The first kappa shape index (κ1) is 16.6. The molecule has 2 aliphatic heterocycles. The van der Waals surface area contributed by atoms with Crippen LogP contribution in [0.5, 0.6) is 0 Å². The standard InChI is InChI=1S/C15H29N3O3S/c1-16(2)22(19,20)18-11-14-10-17(7-8-21-15(14)12-18)9-13-5-3-4-6-13/h13-15H,3-12H2,1-2H3/t14-,15-/m0/s1. The average molecular weight is 331 g/mol. The number of nitrogens with zero attached hydrogens (tertiary/aromatic N) is 3. The van der Waals surface area contributed by atoms with Gasteiger partial charge >= 0.3 is 0 Å². The zero-order chi connectivity index (χ0) is 15.7. The molecule has 0 unspecified atom stereocenters. The summed E-state index contributed by atoms with van der Waals surface area (Å²) < 4.78 is 33.5. The first-order chi connectivity index (χ1) is 10.5. The second-order valence-corrected chi connectivity index (χ2v) is 9.33. The van der Waals surface area contributed by atoms with Crippen molar-refractivity contribution in [3.05, 3.63) is 0 Å². The van der Waals surface area contributed by atoms with Crippen molar-refractivity contribution < 1.29 is 13.2 Å². The van der Waals surface area contributed by atoms with Crippen LogP contribution in [0.1, 0.15) is 25.7 Å². The maximum absolute atomic E-state index is 12.3. The van der Waals surface area contributed by atoms with Crippen LogP contribution in [0.2, 0.25) is 0 Å². The fraction of sp³-hybridized carbons (Fsp3) is 1.00. The van der Waals surface area contributed by atoms with E-state index in [1.807, 2.05) is 0 Å². The molecule has 0 aromatic heterocycles. The van der Waals surface area contributed by atoms with Crippen molar-refractivity contribution in [1.29, 1.82) is 0 Å². The van der Waals surface area contributed by atoms with Crippen LogP contribution in [0.15, 0.2) is 0 Å². The van der Waals surface area contributed by atoms with Gasteiger partial charge in [-0.1, -0.05) is 12.8 Å². The molecule has 0 N–H and O–H groups in total. The van der Waals surface area contributed by atoms with Gasteiger partial charge in [-0.3, -0.25) is 0 Å². The normalized spacial score (nSPS) is 32.5. The van der Waals surface area contributed by atoms with Crippen LogP contribution < -0.4 is 0 Å². The van der Waals surface area contributed by atoms with Crippen LogP contribution in [0.3, 0.4) is 0 Å². The van der Waals surface area contributed by atoms with E-state index in [0.717, 1.165) is 32.2 Å². The minimum absolute atomic E-state index is 0.0586. The fourth-order valence-corrected chi connectivity index (χ4v) is 5.24. The van der Waals surface area contributed by atoms with Crippen molar-refractivity contribution in [2.75, 3.05) is 53.4 Å². The zero-order valence-electron chi connectivity index (χ0n) is 13.8. The molecule has 3 fully saturated rings. The SMILES string of the molecule is CN(C)S(=O)(=O)N1C[C@@H]2CN(CC3CCCC3)CCO[C@H]2C1. The predicted molar refractivity (Wildman–Crippen MR) is 85.8 cm³/mol. The molecule has 7 heteroatoms. The lowest BCUT2D eigenvalue weighted by Crippen LogP contribution is -2.40. The Bertz CT molecular complexity index is 476. The molecule has 2 heterocycles. The third kappa shape index (κ3) is 3.48. The molecule has 128 valence electrons. The lowest BCUT2D eigenvalue weighted by atomic mass is 10.0. The molecule has 3 rings (SSSR count). The van der Waals surface area contributed by atoms with Crippen molar-refractivity contribution in [1.82, 2.24) is 13.5 Å². The summed E-state index contributed by atoms with van der Waals surface area (Å²) >= 11 is 0. The van der Waals surface area contributed by atoms with E-state index in [-0.39, 0.29) is 6.10 Å². The highest BCUT2D eigenvalue weighted by Crippen LogP contribution is 2.29. The zero-order valence-corrected chi connectivity index (χ0v) is 14.6. The lowest BCUT2D eigenvalue weighted by molar-refractivity contribution is 0.0544. The molecule has 22 heavy (non-hydrogen) atoms. The van der Waals surface area contributed by atoms with E-state index in [0.29, 0.717) is 19.0 Å². The summed E-state index contributed by atoms with van der Waals surface area (Å²) in [5.74, 6) is 1.14. The summed E-state index contributed by atoms with van der Waals surface area (Å²) in [6.07, 6.45) is 5.51. The maximum atomic E-state index is 12.3. The molecule has 6 nitrogen and oxygen atoms in total. The monoisotopic (exact) mass is 331 g/mol. The van der Waals surface area contributed by atoms with E-state index in [4.69, 9.17) is 4.74 Å². The van der Waals surface area contributed by atoms with Gasteiger partial charge in [0.05, 0.1) is 12.7 Å². The minimum atomic E-state index is -3.32. The number of hydrogen-bond acceptors (Lipinski definition) is 4. The van der Waals surface area contributed by atoms with Crippen molar-refractivity contribution >= 4 is 10.2 Å². The Balaban J connectivity index is 1.61. The number of ether oxygens (including phenoxy) is 1. The van der Waals surface area contributed by atoms with E-state index in [2.05, 4.69) is 4.90 Å². The summed E-state index contributed by atoms with van der Waals surface area (Å²) in [6, 6.07) is 0. The van der Waals surface area contributed by atoms with Gasteiger partial charge in [-0.05, 0) is 18.8 Å². The first-order valence-electron chi connectivity index (χ1n) is 8.48. The highest BCUT2D eigenvalue weighted by atomic mass is 32.2. The Morgan fingerprint density at radius 2 is 1.86 bits per heavy atom. The topological polar surface area (TPSA) is 53.1 Å². The molecule has 3 aliphatic rings. The fourth-order valence-electron chi connectivity index (χ4n) is 4.07. The number of hydrogen-bond donors (Lipinski definition) is 0. The summed E-state index contributed by atoms with van der Waals surface area (Å²) in [5.41, 5.74) is 0. The van der Waals surface area contributed by atoms with Crippen LogP contribution >= 0.6 is 0 Å². The third-order valence-corrected chi connectivity index (χ3v) is 7.23. The largest absolute Gasteiger partial charge is 0.375 e. The van der Waals surface area contributed by atoms with Crippen molar-refractivity contribution in [2.45, 2.75) is 31.8 Å². The molecular weight excluding hydrogens is 302 g/mol. The Morgan fingerprint density at radius 3 is 2.55 bits per heavy atom. The van der Waals surface area contributed by atoms with Crippen LogP contribution in [0, 0.1) is 11.8 Å². The summed E-state index contributed by atoms with van der Waals surface area (Å²) in [7, 11) is -0.130. The minimum Gasteiger partial charge on any atom is -0.375 e. The van der Waals surface area contributed by atoms with Crippen LogP contribution in [-0.2, 0) is 14.9 Å². The molecule has 0 spiro atoms.